The largest absolute Gasteiger partial charge is 0.497 e. The first kappa shape index (κ1) is 30.6. The number of methoxy groups -OCH3 is 1. The molecular weight excluding hydrogens is 606 g/mol. The van der Waals surface area contributed by atoms with Crippen LogP contribution in [0, 0.1) is 17.0 Å². The average Bonchev–Trinajstić information content (AvgIpc) is 3.25. The smallest absolute Gasteiger partial charge is 0.338 e. The predicted octanol–water partition coefficient (Wildman–Crippen LogP) is 3.65. The Morgan fingerprint density at radius 1 is 1.16 bits per heavy atom. The van der Waals surface area contributed by atoms with E-state index in [4.69, 9.17) is 9.47 Å². The van der Waals surface area contributed by atoms with Gasteiger partial charge in [-0.2, -0.15) is 0 Å². The van der Waals surface area contributed by atoms with Crippen LogP contribution in [0.3, 0.4) is 0 Å². The number of aryl methyl sites for hydroxylation is 1. The fourth-order valence-corrected chi connectivity index (χ4v) is 6.64. The van der Waals surface area contributed by atoms with Crippen LogP contribution in [-0.4, -0.2) is 38.6 Å². The number of hydrogen-bond acceptors (Lipinski definition) is 11. The number of allylic oxidation sites excluding steroid dienone is 1. The van der Waals surface area contributed by atoms with Gasteiger partial charge in [0, 0.05) is 17.8 Å². The molecule has 0 unspecified atom stereocenters. The van der Waals surface area contributed by atoms with Crippen molar-refractivity contribution in [2.45, 2.75) is 49.9 Å². The second kappa shape index (κ2) is 12.4. The number of nitrogens with one attached hydrogen (secondary N) is 1. The van der Waals surface area contributed by atoms with Gasteiger partial charge >= 0.3 is 5.97 Å². The number of benzene rings is 2. The number of nitro groups is 1. The maximum Gasteiger partial charge on any atom is 0.338 e. The first-order valence-electron chi connectivity index (χ1n) is 13.4. The zero-order valence-corrected chi connectivity index (χ0v) is 25.9. The number of H-pyrrole nitrogens is 1. The van der Waals surface area contributed by atoms with Gasteiger partial charge in [0.05, 0.1) is 44.9 Å². The van der Waals surface area contributed by atoms with E-state index in [1.165, 1.54) is 16.7 Å². The zero-order chi connectivity index (χ0) is 31.7. The number of nitro benzene ring substituents is 1. The molecule has 1 atom stereocenters. The number of esters is 1. The molecule has 226 valence electrons. The number of hydrogen-bond donors (Lipinski definition) is 1. The summed E-state index contributed by atoms with van der Waals surface area (Å²) in [7, 11) is 1.55. The Kier molecular flexibility index (Phi) is 8.65. The van der Waals surface area contributed by atoms with Crippen LogP contribution < -0.4 is 25.2 Å². The molecule has 0 saturated heterocycles. The molecule has 0 saturated carbocycles. The highest BCUT2D eigenvalue weighted by Gasteiger charge is 2.34. The minimum atomic E-state index is -0.817. The van der Waals surface area contributed by atoms with Crippen LogP contribution in [0.25, 0.3) is 6.08 Å². The molecular formula is C30H27N5O7S2. The molecule has 4 aromatic rings. The molecule has 12 nitrogen and oxygen atoms in total. The molecule has 1 N–H and O–H groups in total. The lowest BCUT2D eigenvalue weighted by Crippen LogP contribution is -2.40. The van der Waals surface area contributed by atoms with Crippen molar-refractivity contribution in [2.24, 2.45) is 4.99 Å². The topological polar surface area (TPSA) is 159 Å². The van der Waals surface area contributed by atoms with Gasteiger partial charge in [-0.25, -0.2) is 14.8 Å². The van der Waals surface area contributed by atoms with Gasteiger partial charge < -0.3 is 14.5 Å². The summed E-state index contributed by atoms with van der Waals surface area (Å²) in [5, 5.41) is 12.2. The van der Waals surface area contributed by atoms with Crippen molar-refractivity contribution in [2.75, 3.05) is 7.11 Å². The van der Waals surface area contributed by atoms with Crippen LogP contribution in [0.2, 0.25) is 0 Å². The molecule has 0 amide bonds. The van der Waals surface area contributed by atoms with Crippen LogP contribution in [0.5, 0.6) is 5.75 Å². The van der Waals surface area contributed by atoms with Crippen LogP contribution in [-0.2, 0) is 9.53 Å². The molecule has 2 aromatic heterocycles. The normalized spacial score (nSPS) is 14.8. The number of ether oxygens (including phenoxy) is 2. The molecule has 2 aromatic carbocycles. The maximum absolute atomic E-state index is 13.9. The molecule has 5 rings (SSSR count). The quantitative estimate of drug-likeness (QED) is 0.132. The van der Waals surface area contributed by atoms with Crippen molar-refractivity contribution in [3.05, 3.63) is 117 Å². The summed E-state index contributed by atoms with van der Waals surface area (Å²) in [6.07, 6.45) is 1.16. The predicted molar refractivity (Wildman–Crippen MR) is 165 cm³/mol. The van der Waals surface area contributed by atoms with Crippen LogP contribution in [0.4, 0.5) is 5.69 Å². The molecule has 14 heteroatoms. The molecule has 1 aliphatic rings. The monoisotopic (exact) mass is 633 g/mol. The lowest BCUT2D eigenvalue weighted by atomic mass is 9.96. The minimum absolute atomic E-state index is 0.216. The van der Waals surface area contributed by atoms with Gasteiger partial charge in [-0.3, -0.25) is 24.3 Å². The van der Waals surface area contributed by atoms with Gasteiger partial charge in [-0.05, 0) is 74.9 Å². The number of nitrogens with zero attached hydrogens (tertiary/aromatic N) is 4. The highest BCUT2D eigenvalue weighted by atomic mass is 32.2. The summed E-state index contributed by atoms with van der Waals surface area (Å²) < 4.78 is 12.5. The number of rotatable bonds is 8. The molecule has 0 spiro atoms. The van der Waals surface area contributed by atoms with Gasteiger partial charge in [0.15, 0.2) is 9.96 Å². The van der Waals surface area contributed by atoms with Gasteiger partial charge in [0.1, 0.15) is 5.75 Å². The van der Waals surface area contributed by atoms with E-state index in [1.807, 2.05) is 0 Å². The second-order valence-corrected chi connectivity index (χ2v) is 12.1. The zero-order valence-electron chi connectivity index (χ0n) is 24.3. The van der Waals surface area contributed by atoms with Gasteiger partial charge in [-0.1, -0.05) is 29.5 Å². The number of aromatic amines is 1. The van der Waals surface area contributed by atoms with Crippen molar-refractivity contribution in [1.29, 1.82) is 0 Å². The van der Waals surface area contributed by atoms with E-state index in [-0.39, 0.29) is 37.5 Å². The summed E-state index contributed by atoms with van der Waals surface area (Å²) in [5.41, 5.74) is 1.21. The molecule has 1 aliphatic heterocycles. The fourth-order valence-electron chi connectivity index (χ4n) is 4.67. The highest BCUT2D eigenvalue weighted by Crippen LogP contribution is 2.34. The van der Waals surface area contributed by atoms with Crippen LogP contribution in [0.1, 0.15) is 43.6 Å². The Morgan fingerprint density at radius 3 is 2.52 bits per heavy atom. The average molecular weight is 634 g/mol. The lowest BCUT2D eigenvalue weighted by Gasteiger charge is -2.25. The number of carbonyl (C=O) groups excluding carboxylic acids is 1. The SMILES string of the molecule is COc1ccc([C@@H]2C(C(=O)OC(C)C)=C(C)N=c3s/c(=C/c4ccc(Sc5nc(C)cc(=O)[nH]5)c([N+](=O)[O-])c4)c(=O)n32)cc1. The Morgan fingerprint density at radius 2 is 1.89 bits per heavy atom. The maximum atomic E-state index is 13.9. The van der Waals surface area contributed by atoms with Gasteiger partial charge in [0.25, 0.3) is 16.8 Å². The first-order chi connectivity index (χ1) is 20.9. The van der Waals surface area contributed by atoms with E-state index in [0.29, 0.717) is 33.1 Å². The Balaban J connectivity index is 1.62. The molecule has 0 aliphatic carbocycles. The van der Waals surface area contributed by atoms with Gasteiger partial charge in [-0.15, -0.1) is 0 Å². The third-order valence-electron chi connectivity index (χ3n) is 6.55. The highest BCUT2D eigenvalue weighted by molar-refractivity contribution is 7.99. The van der Waals surface area contributed by atoms with E-state index in [2.05, 4.69) is 15.0 Å². The fraction of sp³-hybridized carbons (Fsp3) is 0.233. The minimum Gasteiger partial charge on any atom is -0.497 e. The molecule has 3 heterocycles. The van der Waals surface area contributed by atoms with E-state index in [1.54, 1.807) is 77.3 Å². The second-order valence-electron chi connectivity index (χ2n) is 10.1. The summed E-state index contributed by atoms with van der Waals surface area (Å²) in [5.74, 6) is 0.0328. The Labute approximate surface area is 258 Å². The first-order valence-corrected chi connectivity index (χ1v) is 15.0. The number of fused-ring (bicyclic) bond motifs is 1. The molecule has 0 bridgehead atoms. The Hall–Kier alpha value is -4.82. The van der Waals surface area contributed by atoms with E-state index in [9.17, 15) is 24.5 Å². The molecule has 0 radical (unpaired) electrons. The summed E-state index contributed by atoms with van der Waals surface area (Å²) >= 11 is 2.07. The lowest BCUT2D eigenvalue weighted by molar-refractivity contribution is -0.387. The third kappa shape index (κ3) is 6.26. The summed E-state index contributed by atoms with van der Waals surface area (Å²) in [6, 6.07) is 12.1. The van der Waals surface area contributed by atoms with E-state index < -0.39 is 22.5 Å². The van der Waals surface area contributed by atoms with Crippen molar-refractivity contribution >= 4 is 40.8 Å². The molecule has 44 heavy (non-hydrogen) atoms. The van der Waals surface area contributed by atoms with Crippen molar-refractivity contribution < 1.29 is 19.2 Å². The van der Waals surface area contributed by atoms with Crippen LogP contribution in [0.15, 0.2) is 84.4 Å². The van der Waals surface area contributed by atoms with E-state index in [0.717, 1.165) is 23.1 Å². The number of aromatic nitrogens is 3. The number of carbonyl (C=O) groups is 1. The standard InChI is InChI=1S/C30H27N5O7S2/c1-15(2)42-28(38)25-17(4)32-30-34(26(25)19-7-9-20(41-5)10-8-19)27(37)23(44-30)14-18-6-11-22(21(13-18)35(39)40)43-29-31-16(3)12-24(36)33-29/h6-15,26H,1-5H3,(H,31,33,36)/b23-14+/t26-/m1/s1. The molecule has 0 fully saturated rings. The third-order valence-corrected chi connectivity index (χ3v) is 8.48. The Bertz CT molecular complexity index is 2060. The van der Waals surface area contributed by atoms with Gasteiger partial charge in [0.2, 0.25) is 0 Å². The summed E-state index contributed by atoms with van der Waals surface area (Å²) in [6.45, 7) is 6.83. The van der Waals surface area contributed by atoms with Crippen LogP contribution >= 0.6 is 23.1 Å². The number of thiazole rings is 1. The van der Waals surface area contributed by atoms with E-state index >= 15 is 0 Å². The van der Waals surface area contributed by atoms with Crippen molar-refractivity contribution in [1.82, 2.24) is 14.5 Å². The van der Waals surface area contributed by atoms with Crippen molar-refractivity contribution in [3.63, 3.8) is 0 Å². The van der Waals surface area contributed by atoms with Crippen molar-refractivity contribution in [3.8, 4) is 5.75 Å². The summed E-state index contributed by atoms with van der Waals surface area (Å²) in [4.78, 5) is 62.5.